The average molecular weight is 228 g/mol. The van der Waals surface area contributed by atoms with E-state index in [2.05, 4.69) is 4.74 Å². The number of hydrogen-bond donors (Lipinski definition) is 0. The Hall–Kier alpha value is -0.530. The van der Waals surface area contributed by atoms with Gasteiger partial charge in [0.1, 0.15) is 6.61 Å². The quantitative estimate of drug-likeness (QED) is 0.657. The highest BCUT2D eigenvalue weighted by atomic mass is 19.3. The topological polar surface area (TPSA) is 9.23 Å². The van der Waals surface area contributed by atoms with Crippen molar-refractivity contribution in [3.8, 4) is 0 Å². The van der Waals surface area contributed by atoms with Crippen molar-refractivity contribution in [1.82, 2.24) is 0 Å². The predicted octanol–water partition coefficient (Wildman–Crippen LogP) is 2.86. The molecule has 0 unspecified atom stereocenters. The third-order valence-corrected chi connectivity index (χ3v) is 1.37. The molecule has 0 heterocycles. The van der Waals surface area contributed by atoms with Gasteiger partial charge in [-0.15, -0.1) is 0 Å². The maximum atomic E-state index is 12.4. The van der Waals surface area contributed by atoms with Crippen LogP contribution in [-0.2, 0) is 4.74 Å². The van der Waals surface area contributed by atoms with Crippen LogP contribution >= 0.6 is 0 Å². The van der Waals surface area contributed by atoms with E-state index in [1.165, 1.54) is 0 Å². The van der Waals surface area contributed by atoms with Gasteiger partial charge in [-0.2, -0.15) is 26.3 Å². The number of halogens is 7. The molecule has 0 aromatic carbocycles. The highest BCUT2D eigenvalue weighted by Crippen LogP contribution is 2.45. The Kier molecular flexibility index (Phi) is 3.77. The van der Waals surface area contributed by atoms with E-state index in [-0.39, 0.29) is 6.92 Å². The van der Waals surface area contributed by atoms with Crippen molar-refractivity contribution in [1.29, 1.82) is 0 Å². The summed E-state index contributed by atoms with van der Waals surface area (Å²) in [5.41, 5.74) is 0. The number of ether oxygens (including phenoxy) is 1. The summed E-state index contributed by atoms with van der Waals surface area (Å²) in [4.78, 5) is 0. The first-order chi connectivity index (χ1) is 6.06. The first-order valence-electron chi connectivity index (χ1n) is 3.33. The van der Waals surface area contributed by atoms with Crippen LogP contribution in [0.1, 0.15) is 6.92 Å². The van der Waals surface area contributed by atoms with Gasteiger partial charge in [0.2, 0.25) is 0 Å². The van der Waals surface area contributed by atoms with Crippen LogP contribution in [0.5, 0.6) is 0 Å². The molecule has 0 aliphatic carbocycles. The molecule has 1 nitrogen and oxygen atoms in total. The molecule has 0 saturated heterocycles. The lowest BCUT2D eigenvalue weighted by Gasteiger charge is -2.30. The van der Waals surface area contributed by atoms with Crippen molar-refractivity contribution in [2.75, 3.05) is 13.5 Å². The molecule has 0 aliphatic rings. The molecule has 8 heteroatoms. The van der Waals surface area contributed by atoms with Crippen molar-refractivity contribution in [2.24, 2.45) is 0 Å². The standard InChI is InChI=1S/C6H7F7O/c1-4(8,9)6(12,13)5(10,11)2-14-3-7/h2-3H2,1H3. The molecule has 0 aromatic heterocycles. The van der Waals surface area contributed by atoms with Gasteiger partial charge in [-0.3, -0.25) is 0 Å². The van der Waals surface area contributed by atoms with Crippen molar-refractivity contribution in [2.45, 2.75) is 24.7 Å². The molecule has 0 N–H and O–H groups in total. The predicted molar refractivity (Wildman–Crippen MR) is 32.4 cm³/mol. The molecule has 0 spiro atoms. The first-order valence-corrected chi connectivity index (χ1v) is 3.33. The molecule has 14 heavy (non-hydrogen) atoms. The Morgan fingerprint density at radius 2 is 1.43 bits per heavy atom. The SMILES string of the molecule is CC(F)(F)C(F)(F)C(F)(F)COCF. The average Bonchev–Trinajstić information content (AvgIpc) is 1.98. The molecular formula is C6H7F7O. The smallest absolute Gasteiger partial charge is 0.344 e. The van der Waals surface area contributed by atoms with Crippen molar-refractivity contribution in [3.05, 3.63) is 0 Å². The fourth-order valence-electron chi connectivity index (χ4n) is 0.579. The van der Waals surface area contributed by atoms with Crippen molar-refractivity contribution >= 4 is 0 Å². The van der Waals surface area contributed by atoms with Crippen molar-refractivity contribution in [3.63, 3.8) is 0 Å². The molecule has 0 fully saturated rings. The fraction of sp³-hybridized carbons (Fsp3) is 1.00. The number of alkyl halides is 7. The van der Waals surface area contributed by atoms with Crippen LogP contribution in [0.4, 0.5) is 30.7 Å². The highest BCUT2D eigenvalue weighted by molar-refractivity contribution is 4.93. The van der Waals surface area contributed by atoms with Gasteiger partial charge in [0.15, 0.2) is 6.86 Å². The van der Waals surface area contributed by atoms with Crippen LogP contribution in [-0.4, -0.2) is 31.2 Å². The molecule has 0 amide bonds. The largest absolute Gasteiger partial charge is 0.373 e. The Labute approximate surface area is 74.8 Å². The first kappa shape index (κ1) is 13.5. The Balaban J connectivity index is 4.69. The van der Waals surface area contributed by atoms with Crippen LogP contribution in [0.15, 0.2) is 0 Å². The Bertz CT molecular complexity index is 185. The van der Waals surface area contributed by atoms with Crippen LogP contribution in [0.3, 0.4) is 0 Å². The van der Waals surface area contributed by atoms with E-state index < -0.39 is 31.2 Å². The number of hydrogen-bond acceptors (Lipinski definition) is 1. The van der Waals surface area contributed by atoms with E-state index in [1.807, 2.05) is 0 Å². The second-order valence-corrected chi connectivity index (χ2v) is 2.62. The van der Waals surface area contributed by atoms with Gasteiger partial charge >= 0.3 is 17.8 Å². The summed E-state index contributed by atoms with van der Waals surface area (Å²) in [5.74, 6) is -15.6. The summed E-state index contributed by atoms with van der Waals surface area (Å²) >= 11 is 0. The lowest BCUT2D eigenvalue weighted by molar-refractivity contribution is -0.315. The van der Waals surface area contributed by atoms with Crippen molar-refractivity contribution < 1.29 is 35.5 Å². The minimum absolute atomic E-state index is 0.351. The summed E-state index contributed by atoms with van der Waals surface area (Å²) in [7, 11) is 0. The molecule has 0 atom stereocenters. The molecule has 0 radical (unpaired) electrons. The molecule has 0 rings (SSSR count). The van der Waals surface area contributed by atoms with Crippen LogP contribution in [0, 0.1) is 0 Å². The summed E-state index contributed by atoms with van der Waals surface area (Å²) in [6.45, 7) is -4.20. The van der Waals surface area contributed by atoms with Gasteiger partial charge in [0, 0.05) is 6.92 Å². The number of rotatable bonds is 5. The fourth-order valence-corrected chi connectivity index (χ4v) is 0.579. The summed E-state index contributed by atoms with van der Waals surface area (Å²) in [6, 6.07) is 0. The van der Waals surface area contributed by atoms with Crippen LogP contribution in [0.25, 0.3) is 0 Å². The zero-order chi connectivity index (χ0) is 11.6. The molecule has 86 valence electrons. The van der Waals surface area contributed by atoms with E-state index in [0.717, 1.165) is 0 Å². The molecule has 0 aromatic rings. The van der Waals surface area contributed by atoms with E-state index in [9.17, 15) is 30.7 Å². The maximum absolute atomic E-state index is 12.4. The second-order valence-electron chi connectivity index (χ2n) is 2.62. The highest BCUT2D eigenvalue weighted by Gasteiger charge is 2.69. The minimum Gasteiger partial charge on any atom is -0.344 e. The van der Waals surface area contributed by atoms with E-state index in [4.69, 9.17) is 0 Å². The zero-order valence-corrected chi connectivity index (χ0v) is 6.97. The van der Waals surface area contributed by atoms with Gasteiger partial charge in [-0.25, -0.2) is 4.39 Å². The third kappa shape index (κ3) is 2.49. The van der Waals surface area contributed by atoms with E-state index >= 15 is 0 Å². The maximum Gasteiger partial charge on any atom is 0.373 e. The third-order valence-electron chi connectivity index (χ3n) is 1.37. The molecule has 0 saturated carbocycles. The minimum atomic E-state index is -5.57. The molecule has 0 bridgehead atoms. The summed E-state index contributed by atoms with van der Waals surface area (Å²) in [5, 5.41) is 0. The van der Waals surface area contributed by atoms with Crippen LogP contribution in [0.2, 0.25) is 0 Å². The molecular weight excluding hydrogens is 221 g/mol. The van der Waals surface area contributed by atoms with Gasteiger partial charge in [0.25, 0.3) is 0 Å². The molecule has 0 aliphatic heterocycles. The van der Waals surface area contributed by atoms with Gasteiger partial charge < -0.3 is 4.74 Å². The van der Waals surface area contributed by atoms with Gasteiger partial charge in [-0.05, 0) is 0 Å². The van der Waals surface area contributed by atoms with Gasteiger partial charge in [-0.1, -0.05) is 0 Å². The zero-order valence-electron chi connectivity index (χ0n) is 6.97. The van der Waals surface area contributed by atoms with E-state index in [1.54, 1.807) is 0 Å². The lowest BCUT2D eigenvalue weighted by Crippen LogP contribution is -2.54. The van der Waals surface area contributed by atoms with Crippen LogP contribution < -0.4 is 0 Å². The Morgan fingerprint density at radius 1 is 1.00 bits per heavy atom. The normalized spacial score (nSPS) is 14.6. The second kappa shape index (κ2) is 3.92. The monoisotopic (exact) mass is 228 g/mol. The van der Waals surface area contributed by atoms with E-state index in [0.29, 0.717) is 0 Å². The lowest BCUT2D eigenvalue weighted by atomic mass is 10.1. The van der Waals surface area contributed by atoms with Gasteiger partial charge in [0.05, 0.1) is 0 Å². The Morgan fingerprint density at radius 3 is 1.71 bits per heavy atom. The summed E-state index contributed by atoms with van der Waals surface area (Å²) < 4.78 is 88.0. The summed E-state index contributed by atoms with van der Waals surface area (Å²) in [6.07, 6.45) is 0.